The standard InChI is InChI=1S/C15H22N4O2/c1-9-13(14(16)21-19-9)15(20)18-17-12-7-6-10-4-2-3-5-11(10)8-12/h10-11H,2-8,16H2,1H3,(H,18,20)/b17-12+. The number of nitrogens with zero attached hydrogens (tertiary/aromatic N) is 2. The van der Waals surface area contributed by atoms with Gasteiger partial charge in [-0.3, -0.25) is 4.79 Å². The van der Waals surface area contributed by atoms with E-state index >= 15 is 0 Å². The number of aromatic nitrogens is 1. The molecule has 1 heterocycles. The molecule has 2 aliphatic rings. The molecule has 2 unspecified atom stereocenters. The number of carbonyl (C=O) groups is 1. The molecule has 0 spiro atoms. The molecule has 6 nitrogen and oxygen atoms in total. The van der Waals surface area contributed by atoms with E-state index in [0.29, 0.717) is 5.69 Å². The molecule has 6 heteroatoms. The van der Waals surface area contributed by atoms with E-state index in [4.69, 9.17) is 10.3 Å². The third-order valence-corrected chi connectivity index (χ3v) is 4.80. The van der Waals surface area contributed by atoms with Crippen molar-refractivity contribution in [1.82, 2.24) is 10.6 Å². The van der Waals surface area contributed by atoms with Crippen molar-refractivity contribution in [2.45, 2.75) is 51.9 Å². The van der Waals surface area contributed by atoms with Crippen molar-refractivity contribution in [3.05, 3.63) is 11.3 Å². The van der Waals surface area contributed by atoms with E-state index < -0.39 is 0 Å². The zero-order valence-electron chi connectivity index (χ0n) is 12.4. The lowest BCUT2D eigenvalue weighted by Crippen LogP contribution is -2.30. The fourth-order valence-electron chi connectivity index (χ4n) is 3.64. The summed E-state index contributed by atoms with van der Waals surface area (Å²) in [6.45, 7) is 1.69. The Morgan fingerprint density at radius 1 is 1.33 bits per heavy atom. The number of aryl methyl sites for hydroxylation is 1. The van der Waals surface area contributed by atoms with Crippen LogP contribution in [0.2, 0.25) is 0 Å². The van der Waals surface area contributed by atoms with Gasteiger partial charge < -0.3 is 10.3 Å². The Labute approximate surface area is 124 Å². The van der Waals surface area contributed by atoms with Crippen LogP contribution < -0.4 is 11.2 Å². The van der Waals surface area contributed by atoms with Gasteiger partial charge in [0, 0.05) is 5.71 Å². The molecule has 114 valence electrons. The lowest BCUT2D eigenvalue weighted by Gasteiger charge is -2.35. The molecule has 1 amide bonds. The van der Waals surface area contributed by atoms with Gasteiger partial charge in [0.25, 0.3) is 5.91 Å². The van der Waals surface area contributed by atoms with Crippen LogP contribution in [0.25, 0.3) is 0 Å². The lowest BCUT2D eigenvalue weighted by atomic mass is 9.70. The monoisotopic (exact) mass is 290 g/mol. The largest absolute Gasteiger partial charge is 0.367 e. The number of hydrazone groups is 1. The van der Waals surface area contributed by atoms with Crippen LogP contribution >= 0.6 is 0 Å². The van der Waals surface area contributed by atoms with Gasteiger partial charge in [0.05, 0.1) is 5.69 Å². The highest BCUT2D eigenvalue weighted by molar-refractivity contribution is 5.99. The Kier molecular flexibility index (Phi) is 3.94. The van der Waals surface area contributed by atoms with Crippen LogP contribution in [0.4, 0.5) is 5.88 Å². The second-order valence-corrected chi connectivity index (χ2v) is 6.17. The third kappa shape index (κ3) is 2.94. The van der Waals surface area contributed by atoms with E-state index in [1.165, 1.54) is 32.1 Å². The molecule has 21 heavy (non-hydrogen) atoms. The van der Waals surface area contributed by atoms with Crippen molar-refractivity contribution < 1.29 is 9.32 Å². The number of amides is 1. The van der Waals surface area contributed by atoms with Crippen LogP contribution in [-0.4, -0.2) is 16.8 Å². The minimum Gasteiger partial charge on any atom is -0.367 e. The molecule has 1 aromatic rings. The van der Waals surface area contributed by atoms with E-state index in [1.807, 2.05) is 0 Å². The summed E-state index contributed by atoms with van der Waals surface area (Å²) in [7, 11) is 0. The number of fused-ring (bicyclic) bond motifs is 1. The van der Waals surface area contributed by atoms with Crippen LogP contribution in [-0.2, 0) is 0 Å². The van der Waals surface area contributed by atoms with E-state index in [0.717, 1.165) is 30.4 Å². The van der Waals surface area contributed by atoms with Gasteiger partial charge in [-0.25, -0.2) is 5.43 Å². The van der Waals surface area contributed by atoms with Crippen molar-refractivity contribution in [2.24, 2.45) is 16.9 Å². The number of nitrogens with two attached hydrogens (primary N) is 1. The smallest absolute Gasteiger partial charge is 0.278 e. The van der Waals surface area contributed by atoms with Crippen LogP contribution in [0.15, 0.2) is 9.62 Å². The SMILES string of the molecule is Cc1noc(N)c1C(=O)N/N=C1\CCC2CCCCC2C1. The first-order valence-corrected chi connectivity index (χ1v) is 7.72. The van der Waals surface area contributed by atoms with Crippen molar-refractivity contribution in [1.29, 1.82) is 0 Å². The third-order valence-electron chi connectivity index (χ3n) is 4.80. The molecule has 1 aromatic heterocycles. The fraction of sp³-hybridized carbons (Fsp3) is 0.667. The Morgan fingerprint density at radius 3 is 2.81 bits per heavy atom. The molecule has 0 saturated heterocycles. The second kappa shape index (κ2) is 5.87. The van der Waals surface area contributed by atoms with E-state index in [-0.39, 0.29) is 17.4 Å². The highest BCUT2D eigenvalue weighted by Gasteiger charge is 2.30. The molecular weight excluding hydrogens is 268 g/mol. The van der Waals surface area contributed by atoms with Gasteiger partial charge in [-0.1, -0.05) is 24.4 Å². The summed E-state index contributed by atoms with van der Waals surface area (Å²) in [5.74, 6) is 1.32. The number of hydrogen-bond donors (Lipinski definition) is 2. The van der Waals surface area contributed by atoms with Crippen LogP contribution in [0.5, 0.6) is 0 Å². The Balaban J connectivity index is 1.62. The minimum absolute atomic E-state index is 0.0428. The molecule has 3 N–H and O–H groups in total. The van der Waals surface area contributed by atoms with Gasteiger partial charge in [-0.15, -0.1) is 0 Å². The van der Waals surface area contributed by atoms with Crippen molar-refractivity contribution in [3.63, 3.8) is 0 Å². The number of nitrogens with one attached hydrogen (secondary N) is 1. The van der Waals surface area contributed by atoms with Gasteiger partial charge in [0.1, 0.15) is 5.56 Å². The predicted octanol–water partition coefficient (Wildman–Crippen LogP) is 2.64. The van der Waals surface area contributed by atoms with Crippen molar-refractivity contribution >= 4 is 17.5 Å². The van der Waals surface area contributed by atoms with Gasteiger partial charge >= 0.3 is 0 Å². The number of rotatable bonds is 2. The second-order valence-electron chi connectivity index (χ2n) is 6.17. The molecule has 0 aromatic carbocycles. The lowest BCUT2D eigenvalue weighted by molar-refractivity contribution is 0.0954. The number of hydrogen-bond acceptors (Lipinski definition) is 5. The zero-order valence-corrected chi connectivity index (χ0v) is 12.4. The maximum atomic E-state index is 12.1. The van der Waals surface area contributed by atoms with E-state index in [9.17, 15) is 4.79 Å². The normalized spacial score (nSPS) is 27.4. The highest BCUT2D eigenvalue weighted by atomic mass is 16.5. The average Bonchev–Trinajstić information content (AvgIpc) is 2.84. The number of nitrogen functional groups attached to an aromatic ring is 1. The summed E-state index contributed by atoms with van der Waals surface area (Å²) in [6.07, 6.45) is 8.57. The number of carbonyl (C=O) groups excluding carboxylic acids is 1. The topological polar surface area (TPSA) is 93.5 Å². The fourth-order valence-corrected chi connectivity index (χ4v) is 3.64. The van der Waals surface area contributed by atoms with Gasteiger partial charge in [0.2, 0.25) is 5.88 Å². The summed E-state index contributed by atoms with van der Waals surface area (Å²) in [4.78, 5) is 12.1. The first kappa shape index (κ1) is 14.1. The van der Waals surface area contributed by atoms with Crippen molar-refractivity contribution in [3.8, 4) is 0 Å². The summed E-state index contributed by atoms with van der Waals surface area (Å²) in [5, 5.41) is 7.98. The number of anilines is 1. The first-order valence-electron chi connectivity index (χ1n) is 7.72. The van der Waals surface area contributed by atoms with Crippen LogP contribution in [0.3, 0.4) is 0 Å². The molecule has 0 bridgehead atoms. The first-order chi connectivity index (χ1) is 10.1. The Bertz CT molecular complexity index is 545. The van der Waals surface area contributed by atoms with Gasteiger partial charge in [-0.2, -0.15) is 5.10 Å². The maximum absolute atomic E-state index is 12.1. The summed E-state index contributed by atoms with van der Waals surface area (Å²) >= 11 is 0. The predicted molar refractivity (Wildman–Crippen MR) is 79.9 cm³/mol. The minimum atomic E-state index is -0.343. The van der Waals surface area contributed by atoms with E-state index in [2.05, 4.69) is 15.7 Å². The molecule has 0 radical (unpaired) electrons. The Morgan fingerprint density at radius 2 is 2.10 bits per heavy atom. The van der Waals surface area contributed by atoms with Crippen LogP contribution in [0.1, 0.15) is 61.0 Å². The summed E-state index contributed by atoms with van der Waals surface area (Å²) in [5.41, 5.74) is 10.1. The average molecular weight is 290 g/mol. The molecule has 0 aliphatic heterocycles. The van der Waals surface area contributed by atoms with Gasteiger partial charge in [0.15, 0.2) is 0 Å². The van der Waals surface area contributed by atoms with Crippen molar-refractivity contribution in [2.75, 3.05) is 5.73 Å². The molecule has 2 fully saturated rings. The zero-order chi connectivity index (χ0) is 14.8. The molecule has 2 aliphatic carbocycles. The summed E-state index contributed by atoms with van der Waals surface area (Å²) < 4.78 is 4.80. The molecule has 2 atom stereocenters. The molecular formula is C15H22N4O2. The quantitative estimate of drug-likeness (QED) is 0.819. The Hall–Kier alpha value is -1.85. The molecule has 2 saturated carbocycles. The molecule has 3 rings (SSSR count). The highest BCUT2D eigenvalue weighted by Crippen LogP contribution is 2.39. The summed E-state index contributed by atoms with van der Waals surface area (Å²) in [6, 6.07) is 0. The van der Waals surface area contributed by atoms with Crippen LogP contribution in [0, 0.1) is 18.8 Å². The van der Waals surface area contributed by atoms with Gasteiger partial charge in [-0.05, 0) is 44.4 Å². The maximum Gasteiger partial charge on any atom is 0.278 e. The van der Waals surface area contributed by atoms with E-state index in [1.54, 1.807) is 6.92 Å².